The molecule has 13 heavy (non-hydrogen) atoms. The van der Waals surface area contributed by atoms with E-state index in [-0.39, 0.29) is 0 Å². The molecule has 0 saturated heterocycles. The van der Waals surface area contributed by atoms with E-state index >= 15 is 0 Å². The molecule has 1 N–H and O–H groups in total. The molecule has 4 nitrogen and oxygen atoms in total. The number of aryl methyl sites for hydroxylation is 2. The lowest BCUT2D eigenvalue weighted by atomic mass is 10.1. The summed E-state index contributed by atoms with van der Waals surface area (Å²) in [5.74, 6) is 0.658. The summed E-state index contributed by atoms with van der Waals surface area (Å²) in [6.45, 7) is 3.87. The Morgan fingerprint density at radius 3 is 2.62 bits per heavy atom. The van der Waals surface area contributed by atoms with Gasteiger partial charge in [-0.15, -0.1) is 4.91 Å². The van der Waals surface area contributed by atoms with Crippen LogP contribution in [0.25, 0.3) is 0 Å². The first kappa shape index (κ1) is 9.51. The van der Waals surface area contributed by atoms with Crippen LogP contribution in [0.3, 0.4) is 0 Å². The number of rotatable bonds is 3. The maximum absolute atomic E-state index is 10.0. The van der Waals surface area contributed by atoms with Crippen molar-refractivity contribution in [2.45, 2.75) is 13.8 Å². The Labute approximate surface area is 76.9 Å². The first-order valence-electron chi connectivity index (χ1n) is 3.92. The third-order valence-corrected chi connectivity index (χ3v) is 1.79. The number of nitrogens with one attached hydrogen (secondary N) is 1. The quantitative estimate of drug-likeness (QED) is 0.574. The molecule has 0 heterocycles. The van der Waals surface area contributed by atoms with Crippen LogP contribution < -0.4 is 10.2 Å². The molecule has 1 rings (SSSR count). The lowest BCUT2D eigenvalue weighted by molar-refractivity contribution is 0.413. The first-order chi connectivity index (χ1) is 6.19. The average molecular weight is 180 g/mol. The predicted molar refractivity (Wildman–Crippen MR) is 51.9 cm³/mol. The standard InChI is InChI=1S/C9H12N2O2/c1-6-4-7(2)9(13-3)8(5-6)10-11-12/h4-5H,1-3H3,(H,10,12). The molecule has 0 unspecified atom stereocenters. The molecule has 0 radical (unpaired) electrons. The number of nitrogens with zero attached hydrogens (tertiary/aromatic N) is 1. The summed E-state index contributed by atoms with van der Waals surface area (Å²) >= 11 is 0. The van der Waals surface area contributed by atoms with Crippen molar-refractivity contribution in [3.05, 3.63) is 28.2 Å². The molecule has 0 saturated carbocycles. The fourth-order valence-corrected chi connectivity index (χ4v) is 1.36. The highest BCUT2D eigenvalue weighted by Crippen LogP contribution is 2.29. The van der Waals surface area contributed by atoms with Crippen molar-refractivity contribution in [2.75, 3.05) is 12.5 Å². The van der Waals surface area contributed by atoms with E-state index in [1.165, 1.54) is 0 Å². The second-order valence-electron chi connectivity index (χ2n) is 2.87. The first-order valence-corrected chi connectivity index (χ1v) is 3.92. The van der Waals surface area contributed by atoms with Crippen molar-refractivity contribution in [1.82, 2.24) is 0 Å². The minimum absolute atomic E-state index is 0.606. The van der Waals surface area contributed by atoms with Crippen LogP contribution in [0.2, 0.25) is 0 Å². The zero-order valence-electron chi connectivity index (χ0n) is 7.92. The molecule has 4 heteroatoms. The molecule has 0 aliphatic heterocycles. The van der Waals surface area contributed by atoms with Crippen LogP contribution in [0.1, 0.15) is 11.1 Å². The Kier molecular flexibility index (Phi) is 2.84. The van der Waals surface area contributed by atoms with Crippen LogP contribution in [0, 0.1) is 18.8 Å². The molecule has 70 valence electrons. The number of benzene rings is 1. The number of anilines is 1. The van der Waals surface area contributed by atoms with Crippen LogP contribution in [-0.4, -0.2) is 7.11 Å². The van der Waals surface area contributed by atoms with E-state index in [1.54, 1.807) is 7.11 Å². The summed E-state index contributed by atoms with van der Waals surface area (Å²) in [4.78, 5) is 10.0. The number of ether oxygens (including phenoxy) is 1. The number of methoxy groups -OCH3 is 1. The zero-order chi connectivity index (χ0) is 9.84. The highest BCUT2D eigenvalue weighted by molar-refractivity contribution is 5.61. The Bertz CT molecular complexity index is 324. The van der Waals surface area contributed by atoms with Crippen LogP contribution in [0.4, 0.5) is 5.69 Å². The highest BCUT2D eigenvalue weighted by Gasteiger charge is 2.06. The Hall–Kier alpha value is -1.58. The molecule has 1 aromatic carbocycles. The molecule has 0 bridgehead atoms. The molecular weight excluding hydrogens is 168 g/mol. The topological polar surface area (TPSA) is 50.7 Å². The molecule has 0 aromatic heterocycles. The second-order valence-corrected chi connectivity index (χ2v) is 2.87. The third kappa shape index (κ3) is 1.96. The van der Waals surface area contributed by atoms with Gasteiger partial charge in [0.15, 0.2) is 0 Å². The molecule has 0 fully saturated rings. The SMILES string of the molecule is COc1c(C)cc(C)cc1NN=O. The van der Waals surface area contributed by atoms with Gasteiger partial charge < -0.3 is 4.74 Å². The van der Waals surface area contributed by atoms with Crippen molar-refractivity contribution >= 4 is 5.69 Å². The van der Waals surface area contributed by atoms with Gasteiger partial charge in [0, 0.05) is 0 Å². The van der Waals surface area contributed by atoms with Gasteiger partial charge in [-0.1, -0.05) is 6.07 Å². The fraction of sp³-hybridized carbons (Fsp3) is 0.333. The molecule has 0 spiro atoms. The molecule has 1 aromatic rings. The van der Waals surface area contributed by atoms with Gasteiger partial charge in [0.2, 0.25) is 0 Å². The van der Waals surface area contributed by atoms with Gasteiger partial charge >= 0.3 is 0 Å². The second kappa shape index (κ2) is 3.89. The molecule has 0 aliphatic carbocycles. The van der Waals surface area contributed by atoms with Gasteiger partial charge in [-0.2, -0.15) is 0 Å². The van der Waals surface area contributed by atoms with Crippen molar-refractivity contribution in [2.24, 2.45) is 5.29 Å². The normalized spacial score (nSPS) is 9.46. The highest BCUT2D eigenvalue weighted by atomic mass is 16.5. The van der Waals surface area contributed by atoms with Crippen LogP contribution >= 0.6 is 0 Å². The molecule has 0 aliphatic rings. The maximum atomic E-state index is 10.0. The van der Waals surface area contributed by atoms with E-state index in [0.717, 1.165) is 11.1 Å². The molecule has 0 atom stereocenters. The monoisotopic (exact) mass is 180 g/mol. The van der Waals surface area contributed by atoms with Crippen LogP contribution in [0.5, 0.6) is 5.75 Å². The van der Waals surface area contributed by atoms with Crippen molar-refractivity contribution in [3.8, 4) is 5.75 Å². The Balaban J connectivity index is 3.20. The van der Waals surface area contributed by atoms with Gasteiger partial charge in [-0.25, -0.2) is 5.43 Å². The minimum Gasteiger partial charge on any atom is -0.494 e. The summed E-state index contributed by atoms with van der Waals surface area (Å²) in [7, 11) is 1.56. The van der Waals surface area contributed by atoms with E-state index in [4.69, 9.17) is 4.74 Å². The predicted octanol–water partition coefficient (Wildman–Crippen LogP) is 2.41. The molecular formula is C9H12N2O2. The van der Waals surface area contributed by atoms with E-state index in [0.29, 0.717) is 11.4 Å². The zero-order valence-corrected chi connectivity index (χ0v) is 7.92. The van der Waals surface area contributed by atoms with Crippen molar-refractivity contribution in [3.63, 3.8) is 0 Å². The van der Waals surface area contributed by atoms with Crippen LogP contribution in [0.15, 0.2) is 17.4 Å². The lowest BCUT2D eigenvalue weighted by Gasteiger charge is -2.10. The largest absolute Gasteiger partial charge is 0.494 e. The summed E-state index contributed by atoms with van der Waals surface area (Å²) in [6, 6.07) is 3.79. The number of hydrogen-bond acceptors (Lipinski definition) is 3. The van der Waals surface area contributed by atoms with E-state index < -0.39 is 0 Å². The summed E-state index contributed by atoms with van der Waals surface area (Å²) in [6.07, 6.45) is 0. The van der Waals surface area contributed by atoms with Gasteiger partial charge in [-0.05, 0) is 31.0 Å². The molecule has 0 amide bonds. The van der Waals surface area contributed by atoms with E-state index in [1.807, 2.05) is 26.0 Å². The minimum atomic E-state index is 0.606. The smallest absolute Gasteiger partial charge is 0.146 e. The number of nitroso groups, excluding NO2 is 1. The Morgan fingerprint density at radius 1 is 1.38 bits per heavy atom. The lowest BCUT2D eigenvalue weighted by Crippen LogP contribution is -1.95. The van der Waals surface area contributed by atoms with Gasteiger partial charge in [0.05, 0.1) is 12.4 Å². The van der Waals surface area contributed by atoms with Gasteiger partial charge in [-0.3, -0.25) is 0 Å². The van der Waals surface area contributed by atoms with Crippen LogP contribution in [-0.2, 0) is 0 Å². The summed E-state index contributed by atoms with van der Waals surface area (Å²) in [5.41, 5.74) is 5.00. The third-order valence-electron chi connectivity index (χ3n) is 1.79. The fourth-order valence-electron chi connectivity index (χ4n) is 1.36. The van der Waals surface area contributed by atoms with E-state index in [9.17, 15) is 4.91 Å². The summed E-state index contributed by atoms with van der Waals surface area (Å²) in [5, 5.41) is 2.62. The maximum Gasteiger partial charge on any atom is 0.146 e. The summed E-state index contributed by atoms with van der Waals surface area (Å²) < 4.78 is 5.12. The van der Waals surface area contributed by atoms with Crippen molar-refractivity contribution < 1.29 is 4.74 Å². The average Bonchev–Trinajstić information content (AvgIpc) is 2.04. The van der Waals surface area contributed by atoms with E-state index in [2.05, 4.69) is 10.7 Å². The number of hydrogen-bond donors (Lipinski definition) is 1. The Morgan fingerprint density at radius 2 is 2.08 bits per heavy atom. The van der Waals surface area contributed by atoms with Crippen molar-refractivity contribution in [1.29, 1.82) is 0 Å². The van der Waals surface area contributed by atoms with Gasteiger partial charge in [0.25, 0.3) is 0 Å². The van der Waals surface area contributed by atoms with Gasteiger partial charge in [0.1, 0.15) is 11.4 Å².